The predicted molar refractivity (Wildman–Crippen MR) is 72.6 cm³/mol. The molecule has 0 aromatic carbocycles. The van der Waals surface area contributed by atoms with Gasteiger partial charge in [0.25, 0.3) is 0 Å². The van der Waals surface area contributed by atoms with Gasteiger partial charge in [-0.15, -0.1) is 0 Å². The molecule has 0 aliphatic carbocycles. The molecule has 2 heterocycles. The number of rotatable bonds is 3. The van der Waals surface area contributed by atoms with Crippen molar-refractivity contribution >= 4 is 23.0 Å². The number of alkyl halides is 3. The standard InChI is InChI=1S/C12H14F3N3OS/c1-11(4-5-19-6-11)18-10-7(9(16)20)2-3-8(17-10)12(13,14)15/h2-3H,4-6H2,1H3,(H2,16,20)(H,17,18). The van der Waals surface area contributed by atoms with Crippen molar-refractivity contribution in [3.05, 3.63) is 23.4 Å². The van der Waals surface area contributed by atoms with Crippen LogP contribution < -0.4 is 11.1 Å². The summed E-state index contributed by atoms with van der Waals surface area (Å²) in [6.07, 6.45) is -3.85. The van der Waals surface area contributed by atoms with Gasteiger partial charge in [-0.2, -0.15) is 13.2 Å². The summed E-state index contributed by atoms with van der Waals surface area (Å²) in [5.41, 5.74) is 4.36. The minimum Gasteiger partial charge on any atom is -0.389 e. The van der Waals surface area contributed by atoms with Crippen LogP contribution in [0.5, 0.6) is 0 Å². The van der Waals surface area contributed by atoms with E-state index in [1.54, 1.807) is 0 Å². The molecule has 1 saturated heterocycles. The zero-order valence-electron chi connectivity index (χ0n) is 10.8. The quantitative estimate of drug-likeness (QED) is 0.839. The number of nitrogens with two attached hydrogens (primary N) is 1. The van der Waals surface area contributed by atoms with Crippen molar-refractivity contribution in [2.24, 2.45) is 5.73 Å². The van der Waals surface area contributed by atoms with Crippen LogP contribution in [-0.2, 0) is 10.9 Å². The van der Waals surface area contributed by atoms with Crippen LogP contribution in [0.25, 0.3) is 0 Å². The van der Waals surface area contributed by atoms with E-state index in [2.05, 4.69) is 10.3 Å². The van der Waals surface area contributed by atoms with Crippen molar-refractivity contribution < 1.29 is 17.9 Å². The number of pyridine rings is 1. The third-order valence-electron chi connectivity index (χ3n) is 3.09. The molecule has 110 valence electrons. The Balaban J connectivity index is 2.39. The zero-order valence-corrected chi connectivity index (χ0v) is 11.6. The lowest BCUT2D eigenvalue weighted by Gasteiger charge is -2.26. The van der Waals surface area contributed by atoms with Crippen LogP contribution in [0.3, 0.4) is 0 Å². The Kier molecular flexibility index (Phi) is 3.88. The first kappa shape index (κ1) is 15.0. The summed E-state index contributed by atoms with van der Waals surface area (Å²) in [6, 6.07) is 2.10. The molecular weight excluding hydrogens is 291 g/mol. The molecule has 1 unspecified atom stereocenters. The Morgan fingerprint density at radius 2 is 2.20 bits per heavy atom. The molecule has 1 aliphatic heterocycles. The number of hydrogen-bond donors (Lipinski definition) is 2. The summed E-state index contributed by atoms with van der Waals surface area (Å²) < 4.78 is 43.4. The van der Waals surface area contributed by atoms with E-state index in [4.69, 9.17) is 22.7 Å². The molecule has 2 rings (SSSR count). The molecular formula is C12H14F3N3OS. The highest BCUT2D eigenvalue weighted by Gasteiger charge is 2.35. The van der Waals surface area contributed by atoms with Crippen molar-refractivity contribution in [3.8, 4) is 0 Å². The molecule has 20 heavy (non-hydrogen) atoms. The van der Waals surface area contributed by atoms with Crippen molar-refractivity contribution in [3.63, 3.8) is 0 Å². The van der Waals surface area contributed by atoms with E-state index in [0.29, 0.717) is 25.2 Å². The van der Waals surface area contributed by atoms with Crippen molar-refractivity contribution in [2.75, 3.05) is 18.5 Å². The average molecular weight is 305 g/mol. The summed E-state index contributed by atoms with van der Waals surface area (Å²) in [6.45, 7) is 2.79. The second-order valence-electron chi connectivity index (χ2n) is 4.94. The van der Waals surface area contributed by atoms with Gasteiger partial charge in [-0.25, -0.2) is 4.98 Å². The number of nitrogens with zero attached hydrogens (tertiary/aromatic N) is 1. The molecule has 0 spiro atoms. The fourth-order valence-corrected chi connectivity index (χ4v) is 2.13. The molecule has 0 bridgehead atoms. The van der Waals surface area contributed by atoms with E-state index < -0.39 is 17.4 Å². The Morgan fingerprint density at radius 1 is 1.50 bits per heavy atom. The third kappa shape index (κ3) is 3.18. The predicted octanol–water partition coefficient (Wildman–Crippen LogP) is 2.33. The van der Waals surface area contributed by atoms with Gasteiger partial charge < -0.3 is 15.8 Å². The fourth-order valence-electron chi connectivity index (χ4n) is 1.96. The summed E-state index contributed by atoms with van der Waals surface area (Å²) in [4.78, 5) is 3.61. The van der Waals surface area contributed by atoms with Crippen molar-refractivity contribution in [1.82, 2.24) is 4.98 Å². The van der Waals surface area contributed by atoms with Crippen LogP contribution >= 0.6 is 12.2 Å². The maximum Gasteiger partial charge on any atom is 0.433 e. The van der Waals surface area contributed by atoms with Gasteiger partial charge in [0.15, 0.2) is 0 Å². The number of aromatic nitrogens is 1. The topological polar surface area (TPSA) is 60.2 Å². The van der Waals surface area contributed by atoms with Crippen molar-refractivity contribution in [2.45, 2.75) is 25.1 Å². The van der Waals surface area contributed by atoms with E-state index >= 15 is 0 Å². The van der Waals surface area contributed by atoms with Crippen LogP contribution in [0.15, 0.2) is 12.1 Å². The van der Waals surface area contributed by atoms with Gasteiger partial charge in [0.2, 0.25) is 0 Å². The second kappa shape index (κ2) is 5.17. The van der Waals surface area contributed by atoms with E-state index in [1.165, 1.54) is 6.07 Å². The number of nitrogens with one attached hydrogen (secondary N) is 1. The molecule has 0 amide bonds. The molecule has 1 atom stereocenters. The molecule has 4 nitrogen and oxygen atoms in total. The highest BCUT2D eigenvalue weighted by molar-refractivity contribution is 7.80. The lowest BCUT2D eigenvalue weighted by Crippen LogP contribution is -2.36. The van der Waals surface area contributed by atoms with E-state index in [0.717, 1.165) is 6.07 Å². The maximum absolute atomic E-state index is 12.7. The number of ether oxygens (including phenoxy) is 1. The van der Waals surface area contributed by atoms with Gasteiger partial charge in [0.1, 0.15) is 16.5 Å². The molecule has 0 saturated carbocycles. The summed E-state index contributed by atoms with van der Waals surface area (Å²) >= 11 is 4.85. The molecule has 1 aromatic rings. The van der Waals surface area contributed by atoms with E-state index in [9.17, 15) is 13.2 Å². The Bertz CT molecular complexity index is 527. The second-order valence-corrected chi connectivity index (χ2v) is 5.38. The Morgan fingerprint density at radius 3 is 2.70 bits per heavy atom. The highest BCUT2D eigenvalue weighted by Crippen LogP contribution is 2.31. The summed E-state index contributed by atoms with van der Waals surface area (Å²) in [5, 5.41) is 2.98. The molecule has 1 fully saturated rings. The Labute approximate surface area is 119 Å². The lowest BCUT2D eigenvalue weighted by atomic mass is 10.0. The van der Waals surface area contributed by atoms with Gasteiger partial charge in [-0.05, 0) is 25.5 Å². The maximum atomic E-state index is 12.7. The van der Waals surface area contributed by atoms with Gasteiger partial charge in [-0.3, -0.25) is 0 Å². The van der Waals surface area contributed by atoms with E-state index in [1.807, 2.05) is 6.92 Å². The van der Waals surface area contributed by atoms with Crippen LogP contribution in [0.2, 0.25) is 0 Å². The normalized spacial score (nSPS) is 22.8. The van der Waals surface area contributed by atoms with Gasteiger partial charge >= 0.3 is 6.18 Å². The van der Waals surface area contributed by atoms with Gasteiger partial charge in [0.05, 0.1) is 17.7 Å². The van der Waals surface area contributed by atoms with Crippen LogP contribution in [0, 0.1) is 0 Å². The number of halogens is 3. The van der Waals surface area contributed by atoms with Gasteiger partial charge in [-0.1, -0.05) is 12.2 Å². The first-order valence-electron chi connectivity index (χ1n) is 5.95. The minimum atomic E-state index is -4.52. The number of hydrogen-bond acceptors (Lipinski definition) is 4. The Hall–Kier alpha value is -1.41. The average Bonchev–Trinajstić information content (AvgIpc) is 2.74. The summed E-state index contributed by atoms with van der Waals surface area (Å²) in [5.74, 6) is 0.0420. The number of thiocarbonyl (C=S) groups is 1. The fraction of sp³-hybridized carbons (Fsp3) is 0.500. The van der Waals surface area contributed by atoms with Crippen LogP contribution in [-0.4, -0.2) is 28.7 Å². The summed E-state index contributed by atoms with van der Waals surface area (Å²) in [7, 11) is 0. The van der Waals surface area contributed by atoms with Crippen molar-refractivity contribution in [1.29, 1.82) is 0 Å². The molecule has 1 aliphatic rings. The SMILES string of the molecule is CC1(Nc2nc(C(F)(F)F)ccc2C(N)=S)CCOC1. The third-order valence-corrected chi connectivity index (χ3v) is 3.31. The molecule has 8 heteroatoms. The zero-order chi connectivity index (χ0) is 15.0. The van der Waals surface area contributed by atoms with Gasteiger partial charge in [0, 0.05) is 6.61 Å². The minimum absolute atomic E-state index is 0.00348. The molecule has 0 radical (unpaired) electrons. The monoisotopic (exact) mass is 305 g/mol. The molecule has 1 aromatic heterocycles. The highest BCUT2D eigenvalue weighted by atomic mass is 32.1. The first-order valence-corrected chi connectivity index (χ1v) is 6.36. The van der Waals surface area contributed by atoms with Crippen LogP contribution in [0.1, 0.15) is 24.6 Å². The van der Waals surface area contributed by atoms with Crippen LogP contribution in [0.4, 0.5) is 19.0 Å². The molecule has 3 N–H and O–H groups in total. The number of anilines is 1. The lowest BCUT2D eigenvalue weighted by molar-refractivity contribution is -0.141. The van der Waals surface area contributed by atoms with E-state index in [-0.39, 0.29) is 10.8 Å². The smallest absolute Gasteiger partial charge is 0.389 e. The largest absolute Gasteiger partial charge is 0.433 e. The first-order chi connectivity index (χ1) is 9.21.